The summed E-state index contributed by atoms with van der Waals surface area (Å²) < 4.78 is 7.11. The number of rotatable bonds is 6. The van der Waals surface area contributed by atoms with Gasteiger partial charge in [-0.05, 0) is 75.9 Å². The van der Waals surface area contributed by atoms with Crippen LogP contribution < -0.4 is 15.0 Å². The van der Waals surface area contributed by atoms with Crippen molar-refractivity contribution >= 4 is 11.6 Å². The summed E-state index contributed by atoms with van der Waals surface area (Å²) in [5, 5.41) is 11.8. The summed E-state index contributed by atoms with van der Waals surface area (Å²) in [5.74, 6) is 1.25. The van der Waals surface area contributed by atoms with Gasteiger partial charge in [0.25, 0.3) is 5.91 Å². The van der Waals surface area contributed by atoms with Crippen LogP contribution in [-0.4, -0.2) is 47.1 Å². The van der Waals surface area contributed by atoms with E-state index < -0.39 is 0 Å². The van der Waals surface area contributed by atoms with Gasteiger partial charge in [0.05, 0.1) is 19.3 Å². The Labute approximate surface area is 159 Å². The Balaban J connectivity index is 1.59. The Hall–Kier alpha value is -2.41. The molecular formula is C20H27N5O2. The predicted molar refractivity (Wildman–Crippen MR) is 103 cm³/mol. The number of piperidine rings is 1. The van der Waals surface area contributed by atoms with E-state index in [2.05, 4.69) is 22.6 Å². The molecule has 27 heavy (non-hydrogen) atoms. The summed E-state index contributed by atoms with van der Waals surface area (Å²) in [4.78, 5) is 15.2. The van der Waals surface area contributed by atoms with Crippen molar-refractivity contribution in [2.75, 3.05) is 25.1 Å². The molecule has 1 atom stereocenters. The van der Waals surface area contributed by atoms with E-state index >= 15 is 0 Å². The highest BCUT2D eigenvalue weighted by Gasteiger charge is 2.36. The first-order valence-electron chi connectivity index (χ1n) is 9.77. The number of nitrogens with one attached hydrogen (secondary N) is 1. The lowest BCUT2D eigenvalue weighted by molar-refractivity contribution is 0.0970. The minimum absolute atomic E-state index is 0.0836. The second kappa shape index (κ2) is 7.68. The van der Waals surface area contributed by atoms with E-state index in [-0.39, 0.29) is 11.9 Å². The van der Waals surface area contributed by atoms with E-state index in [1.165, 1.54) is 12.8 Å². The number of benzene rings is 1. The van der Waals surface area contributed by atoms with Gasteiger partial charge >= 0.3 is 0 Å². The number of aromatic nitrogens is 3. The molecule has 1 aromatic carbocycles. The summed E-state index contributed by atoms with van der Waals surface area (Å²) in [6.07, 6.45) is 6.18. The fourth-order valence-electron chi connectivity index (χ4n) is 3.82. The zero-order chi connectivity index (χ0) is 18.8. The molecule has 0 bridgehead atoms. The summed E-state index contributed by atoms with van der Waals surface area (Å²) in [5.41, 5.74) is 1.29. The fourth-order valence-corrected chi connectivity index (χ4v) is 3.82. The summed E-state index contributed by atoms with van der Waals surface area (Å²) >= 11 is 0. The average molecular weight is 369 g/mol. The van der Waals surface area contributed by atoms with E-state index in [9.17, 15) is 4.79 Å². The lowest BCUT2D eigenvalue weighted by Crippen LogP contribution is -2.40. The summed E-state index contributed by atoms with van der Waals surface area (Å²) in [6.45, 7) is 4.08. The summed E-state index contributed by atoms with van der Waals surface area (Å²) in [6, 6.07) is 8.10. The molecule has 2 aromatic rings. The number of anilines is 1. The van der Waals surface area contributed by atoms with Crippen LogP contribution in [0.2, 0.25) is 0 Å². The third kappa shape index (κ3) is 3.83. The van der Waals surface area contributed by atoms with Crippen LogP contribution in [0.3, 0.4) is 0 Å². The topological polar surface area (TPSA) is 72.3 Å². The monoisotopic (exact) mass is 369 g/mol. The highest BCUT2D eigenvalue weighted by atomic mass is 16.5. The Kier molecular flexibility index (Phi) is 5.11. The maximum absolute atomic E-state index is 13.3. The predicted octanol–water partition coefficient (Wildman–Crippen LogP) is 2.66. The highest BCUT2D eigenvalue weighted by molar-refractivity contribution is 6.05. The number of methoxy groups -OCH3 is 1. The smallest absolute Gasteiger partial charge is 0.280 e. The molecule has 7 nitrogen and oxygen atoms in total. The van der Waals surface area contributed by atoms with Gasteiger partial charge in [-0.3, -0.25) is 4.79 Å². The molecule has 1 aliphatic heterocycles. The van der Waals surface area contributed by atoms with Gasteiger partial charge in [0.15, 0.2) is 5.69 Å². The molecule has 1 saturated carbocycles. The normalized spacial score (nSPS) is 18.9. The molecule has 7 heteroatoms. The first-order chi connectivity index (χ1) is 13.2. The van der Waals surface area contributed by atoms with Gasteiger partial charge in [0.1, 0.15) is 5.75 Å². The Morgan fingerprint density at radius 2 is 1.93 bits per heavy atom. The van der Waals surface area contributed by atoms with Crippen LogP contribution in [0.1, 0.15) is 49.1 Å². The molecule has 4 rings (SSSR count). The second-order valence-corrected chi connectivity index (χ2v) is 7.52. The molecule has 1 unspecified atom stereocenters. The summed E-state index contributed by atoms with van der Waals surface area (Å²) in [7, 11) is 1.64. The molecule has 1 aliphatic carbocycles. The minimum Gasteiger partial charge on any atom is -0.497 e. The van der Waals surface area contributed by atoms with Gasteiger partial charge in [-0.1, -0.05) is 5.21 Å². The molecule has 0 spiro atoms. The Bertz CT molecular complexity index is 778. The molecule has 1 amide bonds. The number of hydrogen-bond donors (Lipinski definition) is 1. The van der Waals surface area contributed by atoms with Crippen molar-refractivity contribution in [3.05, 3.63) is 36.2 Å². The zero-order valence-corrected chi connectivity index (χ0v) is 16.0. The minimum atomic E-state index is -0.0836. The van der Waals surface area contributed by atoms with Gasteiger partial charge in [0, 0.05) is 11.7 Å². The largest absolute Gasteiger partial charge is 0.497 e. The quantitative estimate of drug-likeness (QED) is 0.847. The van der Waals surface area contributed by atoms with E-state index in [4.69, 9.17) is 4.74 Å². The molecule has 0 radical (unpaired) electrons. The zero-order valence-electron chi connectivity index (χ0n) is 16.0. The molecule has 2 fully saturated rings. The fraction of sp³-hybridized carbons (Fsp3) is 0.550. The number of carbonyl (C=O) groups excluding carboxylic acids is 1. The third-order valence-corrected chi connectivity index (χ3v) is 5.69. The lowest BCUT2D eigenvalue weighted by Gasteiger charge is -2.29. The van der Waals surface area contributed by atoms with Crippen LogP contribution in [0.15, 0.2) is 30.5 Å². The number of nitrogens with zero attached hydrogens (tertiary/aromatic N) is 4. The maximum atomic E-state index is 13.3. The van der Waals surface area contributed by atoms with E-state index in [0.29, 0.717) is 17.7 Å². The van der Waals surface area contributed by atoms with Crippen molar-refractivity contribution in [3.63, 3.8) is 0 Å². The van der Waals surface area contributed by atoms with Crippen LogP contribution in [0.25, 0.3) is 0 Å². The van der Waals surface area contributed by atoms with E-state index in [1.54, 1.807) is 7.11 Å². The second-order valence-electron chi connectivity index (χ2n) is 7.52. The van der Waals surface area contributed by atoms with Gasteiger partial charge < -0.3 is 15.0 Å². The third-order valence-electron chi connectivity index (χ3n) is 5.69. The first-order valence-corrected chi connectivity index (χ1v) is 9.77. The maximum Gasteiger partial charge on any atom is 0.280 e. The van der Waals surface area contributed by atoms with Crippen molar-refractivity contribution in [3.8, 4) is 5.75 Å². The van der Waals surface area contributed by atoms with Gasteiger partial charge in [-0.15, -0.1) is 5.10 Å². The molecule has 2 aliphatic rings. The number of ether oxygens (including phenoxy) is 1. The molecule has 1 N–H and O–H groups in total. The Morgan fingerprint density at radius 1 is 1.22 bits per heavy atom. The molecule has 144 valence electrons. The van der Waals surface area contributed by atoms with Crippen LogP contribution in [0.5, 0.6) is 5.75 Å². The van der Waals surface area contributed by atoms with E-state index in [1.807, 2.05) is 40.0 Å². The number of amides is 1. The molecule has 2 heterocycles. The standard InChI is InChI=1S/C20H27N5O2/c1-14(15-3-4-15)25(17-5-7-18(27-2)8-6-17)20(26)19-13-24(23-22-19)16-9-11-21-12-10-16/h5-8,13-16,21H,3-4,9-12H2,1-2H3. The van der Waals surface area contributed by atoms with Gasteiger partial charge in [-0.2, -0.15) is 0 Å². The molecule has 1 aromatic heterocycles. The highest BCUT2D eigenvalue weighted by Crippen LogP contribution is 2.37. The first kappa shape index (κ1) is 18.0. The van der Waals surface area contributed by atoms with Crippen molar-refractivity contribution in [1.82, 2.24) is 20.3 Å². The van der Waals surface area contributed by atoms with Crippen molar-refractivity contribution in [2.45, 2.75) is 44.7 Å². The average Bonchev–Trinajstić information content (AvgIpc) is 3.45. The van der Waals surface area contributed by atoms with Crippen LogP contribution >= 0.6 is 0 Å². The molecular weight excluding hydrogens is 342 g/mol. The van der Waals surface area contributed by atoms with Crippen molar-refractivity contribution < 1.29 is 9.53 Å². The van der Waals surface area contributed by atoms with Gasteiger partial charge in [0.2, 0.25) is 0 Å². The Morgan fingerprint density at radius 3 is 2.56 bits per heavy atom. The van der Waals surface area contributed by atoms with Crippen LogP contribution in [-0.2, 0) is 0 Å². The number of carbonyl (C=O) groups is 1. The van der Waals surface area contributed by atoms with Gasteiger partial charge in [-0.25, -0.2) is 4.68 Å². The number of hydrogen-bond acceptors (Lipinski definition) is 5. The molecule has 1 saturated heterocycles. The lowest BCUT2D eigenvalue weighted by atomic mass is 10.1. The van der Waals surface area contributed by atoms with Crippen molar-refractivity contribution in [1.29, 1.82) is 0 Å². The van der Waals surface area contributed by atoms with Crippen LogP contribution in [0, 0.1) is 5.92 Å². The van der Waals surface area contributed by atoms with E-state index in [0.717, 1.165) is 37.4 Å². The SMILES string of the molecule is COc1ccc(N(C(=O)c2cn(C3CCNCC3)nn2)C(C)C2CC2)cc1. The van der Waals surface area contributed by atoms with Crippen molar-refractivity contribution in [2.24, 2.45) is 5.92 Å². The van der Waals surface area contributed by atoms with Crippen LogP contribution in [0.4, 0.5) is 5.69 Å².